The summed E-state index contributed by atoms with van der Waals surface area (Å²) in [5.74, 6) is -0.150. The molecule has 4 heteroatoms. The van der Waals surface area contributed by atoms with Crippen LogP contribution in [-0.2, 0) is 9.53 Å². The van der Waals surface area contributed by atoms with Crippen molar-refractivity contribution < 1.29 is 9.53 Å². The largest absolute Gasteiger partial charge is 0.465 e. The molecule has 0 saturated carbocycles. The Bertz CT molecular complexity index is 246. The molecule has 0 radical (unpaired) electrons. The van der Waals surface area contributed by atoms with Gasteiger partial charge in [0.1, 0.15) is 5.25 Å². The van der Waals surface area contributed by atoms with Crippen molar-refractivity contribution in [2.75, 3.05) is 12.9 Å². The third-order valence-corrected chi connectivity index (χ3v) is 3.78. The van der Waals surface area contributed by atoms with Crippen LogP contribution < -0.4 is 0 Å². The Hall–Kier alpha value is -0.350. The minimum Gasteiger partial charge on any atom is -0.465 e. The maximum atomic E-state index is 11.3. The summed E-state index contributed by atoms with van der Waals surface area (Å²) in [4.78, 5) is 11.3. The zero-order valence-corrected chi connectivity index (χ0v) is 9.28. The summed E-state index contributed by atoms with van der Waals surface area (Å²) in [6.07, 6.45) is 7.78. The van der Waals surface area contributed by atoms with E-state index in [9.17, 15) is 4.79 Å². The van der Waals surface area contributed by atoms with Gasteiger partial charge in [0.25, 0.3) is 0 Å². The maximum Gasteiger partial charge on any atom is 0.323 e. The zero-order chi connectivity index (χ0) is 9.68. The number of allylic oxidation sites excluding steroid dienone is 2. The molecule has 1 unspecified atom stereocenters. The minimum absolute atomic E-state index is 0.150. The average molecular weight is 216 g/mol. The van der Waals surface area contributed by atoms with E-state index in [0.29, 0.717) is 6.61 Å². The van der Waals surface area contributed by atoms with Crippen LogP contribution in [0.3, 0.4) is 0 Å². The Morgan fingerprint density at radius 3 is 3.15 bits per heavy atom. The molecule has 0 fully saturated rings. The van der Waals surface area contributed by atoms with E-state index in [1.165, 1.54) is 0 Å². The smallest absolute Gasteiger partial charge is 0.323 e. The lowest BCUT2D eigenvalue weighted by atomic mass is 10.3. The molecule has 0 bridgehead atoms. The summed E-state index contributed by atoms with van der Waals surface area (Å²) in [6.45, 7) is 2.27. The minimum atomic E-state index is -0.160. The molecule has 0 aromatic heterocycles. The molecule has 0 N–H and O–H groups in total. The van der Waals surface area contributed by atoms with E-state index >= 15 is 0 Å². The monoisotopic (exact) mass is 216 g/mol. The van der Waals surface area contributed by atoms with Gasteiger partial charge in [-0.25, -0.2) is 0 Å². The summed E-state index contributed by atoms with van der Waals surface area (Å²) < 4.78 is 6.08. The highest BCUT2D eigenvalue weighted by molar-refractivity contribution is 8.22. The maximum absolute atomic E-state index is 11.3. The van der Waals surface area contributed by atoms with Gasteiger partial charge in [-0.1, -0.05) is 23.9 Å². The Balaban J connectivity index is 2.52. The van der Waals surface area contributed by atoms with Crippen LogP contribution in [0.1, 0.15) is 6.92 Å². The molecule has 13 heavy (non-hydrogen) atoms. The molecule has 72 valence electrons. The Morgan fingerprint density at radius 2 is 2.54 bits per heavy atom. The average Bonchev–Trinajstić information content (AvgIpc) is 2.18. The highest BCUT2D eigenvalue weighted by atomic mass is 32.2. The fourth-order valence-electron chi connectivity index (χ4n) is 0.906. The van der Waals surface area contributed by atoms with Crippen LogP contribution in [-0.4, -0.2) is 24.1 Å². The van der Waals surface area contributed by atoms with Crippen LogP contribution in [0, 0.1) is 0 Å². The molecule has 1 aliphatic heterocycles. The van der Waals surface area contributed by atoms with Crippen LogP contribution >= 0.6 is 23.5 Å². The van der Waals surface area contributed by atoms with Gasteiger partial charge in [-0.15, -0.1) is 11.8 Å². The third kappa shape index (κ3) is 3.12. The number of rotatable bonds is 3. The standard InChI is InChI=1S/C9H12O2S2/c1-3-11-9(10)7-5-4-6-8(12-2)13-7/h4-7H,3H2,1-2H3. The van der Waals surface area contributed by atoms with Crippen molar-refractivity contribution in [3.63, 3.8) is 0 Å². The number of ether oxygens (including phenoxy) is 1. The van der Waals surface area contributed by atoms with E-state index in [2.05, 4.69) is 0 Å². The molecule has 0 saturated heterocycles. The van der Waals surface area contributed by atoms with Crippen molar-refractivity contribution in [3.8, 4) is 0 Å². The molecule has 0 aromatic carbocycles. The van der Waals surface area contributed by atoms with E-state index in [4.69, 9.17) is 4.74 Å². The Morgan fingerprint density at radius 1 is 1.77 bits per heavy atom. The van der Waals surface area contributed by atoms with Gasteiger partial charge in [-0.3, -0.25) is 4.79 Å². The summed E-state index contributed by atoms with van der Waals surface area (Å²) in [5.41, 5.74) is 0. The van der Waals surface area contributed by atoms with Gasteiger partial charge in [-0.2, -0.15) is 0 Å². The van der Waals surface area contributed by atoms with Crippen LogP contribution in [0.4, 0.5) is 0 Å². The van der Waals surface area contributed by atoms with Gasteiger partial charge in [0.15, 0.2) is 0 Å². The number of carbonyl (C=O) groups is 1. The predicted octanol–water partition coefficient (Wildman–Crippen LogP) is 2.43. The van der Waals surface area contributed by atoms with E-state index in [1.54, 1.807) is 23.5 Å². The number of hydrogen-bond donors (Lipinski definition) is 0. The topological polar surface area (TPSA) is 26.3 Å². The van der Waals surface area contributed by atoms with Gasteiger partial charge in [-0.05, 0) is 19.3 Å². The first kappa shape index (κ1) is 10.7. The van der Waals surface area contributed by atoms with Crippen LogP contribution in [0.2, 0.25) is 0 Å². The van der Waals surface area contributed by atoms with E-state index in [0.717, 1.165) is 4.24 Å². The first-order valence-electron chi connectivity index (χ1n) is 4.03. The van der Waals surface area contributed by atoms with Gasteiger partial charge in [0.2, 0.25) is 0 Å². The van der Waals surface area contributed by atoms with Gasteiger partial charge >= 0.3 is 5.97 Å². The highest BCUT2D eigenvalue weighted by Crippen LogP contribution is 2.34. The van der Waals surface area contributed by atoms with E-state index in [1.807, 2.05) is 31.4 Å². The Labute approximate surface area is 86.8 Å². The quantitative estimate of drug-likeness (QED) is 0.677. The summed E-state index contributed by atoms with van der Waals surface area (Å²) >= 11 is 3.19. The fourth-order valence-corrected chi connectivity index (χ4v) is 2.56. The summed E-state index contributed by atoms with van der Waals surface area (Å²) in [7, 11) is 0. The normalized spacial score (nSPS) is 21.1. The van der Waals surface area contributed by atoms with Crippen molar-refractivity contribution in [2.45, 2.75) is 12.2 Å². The van der Waals surface area contributed by atoms with Crippen molar-refractivity contribution in [3.05, 3.63) is 22.5 Å². The van der Waals surface area contributed by atoms with Crippen molar-refractivity contribution in [1.82, 2.24) is 0 Å². The van der Waals surface area contributed by atoms with Crippen LogP contribution in [0.15, 0.2) is 22.5 Å². The van der Waals surface area contributed by atoms with Crippen LogP contribution in [0.25, 0.3) is 0 Å². The van der Waals surface area contributed by atoms with Crippen molar-refractivity contribution >= 4 is 29.5 Å². The molecule has 0 aliphatic carbocycles. The van der Waals surface area contributed by atoms with Gasteiger partial charge in [0.05, 0.1) is 6.61 Å². The van der Waals surface area contributed by atoms with Gasteiger partial charge in [0, 0.05) is 4.24 Å². The molecule has 0 aromatic rings. The number of thioether (sulfide) groups is 2. The van der Waals surface area contributed by atoms with Crippen molar-refractivity contribution in [2.24, 2.45) is 0 Å². The Kier molecular flexibility index (Phi) is 4.45. The third-order valence-electron chi connectivity index (χ3n) is 1.48. The molecule has 1 heterocycles. The predicted molar refractivity (Wildman–Crippen MR) is 58.8 cm³/mol. The molecule has 1 rings (SSSR count). The molecular weight excluding hydrogens is 204 g/mol. The van der Waals surface area contributed by atoms with Gasteiger partial charge < -0.3 is 4.74 Å². The van der Waals surface area contributed by atoms with E-state index in [-0.39, 0.29) is 11.2 Å². The second-order valence-corrected chi connectivity index (χ2v) is 4.66. The molecule has 0 spiro atoms. The highest BCUT2D eigenvalue weighted by Gasteiger charge is 2.20. The van der Waals surface area contributed by atoms with E-state index < -0.39 is 0 Å². The molecule has 1 atom stereocenters. The van der Waals surface area contributed by atoms with Crippen molar-refractivity contribution in [1.29, 1.82) is 0 Å². The first-order valence-corrected chi connectivity index (χ1v) is 6.14. The number of esters is 1. The first-order chi connectivity index (χ1) is 6.27. The summed E-state index contributed by atoms with van der Waals surface area (Å²) in [5, 5.41) is -0.160. The number of hydrogen-bond acceptors (Lipinski definition) is 4. The second-order valence-electron chi connectivity index (χ2n) is 2.37. The lowest BCUT2D eigenvalue weighted by molar-refractivity contribution is -0.141. The lowest BCUT2D eigenvalue weighted by Gasteiger charge is -2.14. The second kappa shape index (κ2) is 5.40. The molecular formula is C9H12O2S2. The molecule has 1 aliphatic rings. The SMILES string of the molecule is CCOC(=O)C1C=CC=C(SC)S1. The summed E-state index contributed by atoms with van der Waals surface area (Å²) in [6, 6.07) is 0. The number of carbonyl (C=O) groups excluding carboxylic acids is 1. The zero-order valence-electron chi connectivity index (χ0n) is 7.65. The molecule has 2 nitrogen and oxygen atoms in total. The van der Waals surface area contributed by atoms with Crippen LogP contribution in [0.5, 0.6) is 0 Å². The fraction of sp³-hybridized carbons (Fsp3) is 0.444. The lowest BCUT2D eigenvalue weighted by Crippen LogP contribution is -2.18. The molecule has 0 amide bonds.